The lowest BCUT2D eigenvalue weighted by Gasteiger charge is -2.05. The summed E-state index contributed by atoms with van der Waals surface area (Å²) < 4.78 is 0. The summed E-state index contributed by atoms with van der Waals surface area (Å²) in [6.07, 6.45) is -1.45. The Morgan fingerprint density at radius 2 is 1.77 bits per heavy atom. The minimum absolute atomic E-state index is 0.363. The van der Waals surface area contributed by atoms with Crippen molar-refractivity contribution in [2.75, 3.05) is 0 Å². The first-order valence-corrected chi connectivity index (χ1v) is 3.97. The maximum absolute atomic E-state index is 10.9. The second kappa shape index (κ2) is 4.16. The minimum atomic E-state index is -1.45. The third kappa shape index (κ3) is 2.37. The van der Waals surface area contributed by atoms with E-state index in [1.165, 1.54) is 0 Å². The Labute approximate surface area is 79.9 Å². The van der Waals surface area contributed by atoms with Gasteiger partial charge >= 0.3 is 0 Å². The van der Waals surface area contributed by atoms with Crippen LogP contribution in [0.15, 0.2) is 30.3 Å². The fourth-order valence-electron chi connectivity index (χ4n) is 0.894. The monoisotopic (exact) mass is 198 g/mol. The smallest absolute Gasteiger partial charge is 0.291 e. The first-order valence-electron chi connectivity index (χ1n) is 3.59. The molecule has 0 unspecified atom stereocenters. The fourth-order valence-corrected chi connectivity index (χ4v) is 0.998. The van der Waals surface area contributed by atoms with Gasteiger partial charge in [-0.25, -0.2) is 0 Å². The Bertz CT molecular complexity index is 321. The first kappa shape index (κ1) is 9.89. The summed E-state index contributed by atoms with van der Waals surface area (Å²) >= 11 is 4.92. The van der Waals surface area contributed by atoms with Crippen molar-refractivity contribution in [3.63, 3.8) is 0 Å². The molecule has 13 heavy (non-hydrogen) atoms. The van der Waals surface area contributed by atoms with Crippen molar-refractivity contribution in [2.24, 2.45) is 0 Å². The van der Waals surface area contributed by atoms with Gasteiger partial charge in [0.15, 0.2) is 0 Å². The Morgan fingerprint density at radius 3 is 2.23 bits per heavy atom. The van der Waals surface area contributed by atoms with Crippen LogP contribution in [0.2, 0.25) is 0 Å². The van der Waals surface area contributed by atoms with E-state index < -0.39 is 17.1 Å². The number of benzene rings is 1. The molecule has 0 aliphatic heterocycles. The predicted octanol–water partition coefficient (Wildman–Crippen LogP) is 1.05. The third-order valence-corrected chi connectivity index (χ3v) is 1.74. The highest BCUT2D eigenvalue weighted by atomic mass is 35.5. The van der Waals surface area contributed by atoms with Crippen LogP contribution in [-0.2, 0) is 9.59 Å². The standard InChI is InChI=1S/C9H7ClO3/c10-9(13)8(12)7(11)6-4-2-1-3-5-6/h1-5,7,11H/t7-/m1/s1. The van der Waals surface area contributed by atoms with E-state index in [0.29, 0.717) is 5.56 Å². The van der Waals surface area contributed by atoms with Crippen LogP contribution in [0.1, 0.15) is 11.7 Å². The Balaban J connectivity index is 2.86. The van der Waals surface area contributed by atoms with Crippen molar-refractivity contribution in [3.8, 4) is 0 Å². The van der Waals surface area contributed by atoms with Gasteiger partial charge in [0.05, 0.1) is 0 Å². The third-order valence-electron chi connectivity index (χ3n) is 1.56. The van der Waals surface area contributed by atoms with Crippen LogP contribution >= 0.6 is 11.6 Å². The first-order chi connectivity index (χ1) is 6.13. The van der Waals surface area contributed by atoms with Crippen molar-refractivity contribution < 1.29 is 14.7 Å². The Morgan fingerprint density at radius 1 is 1.23 bits per heavy atom. The summed E-state index contributed by atoms with van der Waals surface area (Å²) in [5, 5.41) is 8.15. The molecule has 1 aromatic carbocycles. The minimum Gasteiger partial charge on any atom is -0.380 e. The molecule has 0 spiro atoms. The molecule has 1 atom stereocenters. The normalized spacial score (nSPS) is 12.2. The summed E-state index contributed by atoms with van der Waals surface area (Å²) in [7, 11) is 0. The topological polar surface area (TPSA) is 54.4 Å². The van der Waals surface area contributed by atoms with Crippen LogP contribution in [0.4, 0.5) is 0 Å². The van der Waals surface area contributed by atoms with E-state index >= 15 is 0 Å². The zero-order valence-corrected chi connectivity index (χ0v) is 7.36. The molecule has 1 rings (SSSR count). The summed E-state index contributed by atoms with van der Waals surface area (Å²) in [5.41, 5.74) is 0.363. The maximum atomic E-state index is 10.9. The Hall–Kier alpha value is -1.19. The SMILES string of the molecule is O=C(Cl)C(=O)[C@H](O)c1ccccc1. The van der Waals surface area contributed by atoms with Gasteiger partial charge in [0.25, 0.3) is 5.24 Å². The van der Waals surface area contributed by atoms with Crippen LogP contribution < -0.4 is 0 Å². The zero-order chi connectivity index (χ0) is 9.84. The molecule has 0 aliphatic carbocycles. The molecule has 1 aromatic rings. The van der Waals surface area contributed by atoms with E-state index in [1.54, 1.807) is 30.3 Å². The summed E-state index contributed by atoms with van der Waals surface area (Å²) in [6.45, 7) is 0. The molecule has 0 aliphatic rings. The van der Waals surface area contributed by atoms with Crippen LogP contribution in [0, 0.1) is 0 Å². The molecule has 3 nitrogen and oxygen atoms in total. The number of rotatable bonds is 3. The van der Waals surface area contributed by atoms with Crippen molar-refractivity contribution in [1.82, 2.24) is 0 Å². The van der Waals surface area contributed by atoms with Gasteiger partial charge in [0.1, 0.15) is 6.10 Å². The molecule has 0 saturated heterocycles. The van der Waals surface area contributed by atoms with Crippen molar-refractivity contribution >= 4 is 22.6 Å². The number of aliphatic hydroxyl groups is 1. The van der Waals surface area contributed by atoms with Crippen LogP contribution in [0.5, 0.6) is 0 Å². The van der Waals surface area contributed by atoms with E-state index in [1.807, 2.05) is 0 Å². The number of halogens is 1. The van der Waals surface area contributed by atoms with Crippen LogP contribution in [0.25, 0.3) is 0 Å². The molecule has 4 heteroatoms. The van der Waals surface area contributed by atoms with Crippen LogP contribution in [0.3, 0.4) is 0 Å². The molecule has 0 heterocycles. The van der Waals surface area contributed by atoms with Gasteiger partial charge in [-0.15, -0.1) is 0 Å². The lowest BCUT2D eigenvalue weighted by atomic mass is 10.1. The molecule has 68 valence electrons. The fraction of sp³-hybridized carbons (Fsp3) is 0.111. The average molecular weight is 199 g/mol. The van der Waals surface area contributed by atoms with E-state index in [0.717, 1.165) is 0 Å². The molecule has 0 bridgehead atoms. The summed E-state index contributed by atoms with van der Waals surface area (Å²) in [5.74, 6) is -1.01. The highest BCUT2D eigenvalue weighted by molar-refractivity contribution is 6.81. The van der Waals surface area contributed by atoms with Crippen molar-refractivity contribution in [3.05, 3.63) is 35.9 Å². The number of carbonyl (C=O) groups excluding carboxylic acids is 2. The number of Topliss-reactive ketones (excluding diaryl/α,β-unsaturated/α-hetero) is 1. The Kier molecular flexibility index (Phi) is 3.17. The molecular weight excluding hydrogens is 192 g/mol. The van der Waals surface area contributed by atoms with Gasteiger partial charge in [-0.05, 0) is 17.2 Å². The van der Waals surface area contributed by atoms with Gasteiger partial charge in [0.2, 0.25) is 5.78 Å². The molecule has 0 radical (unpaired) electrons. The van der Waals surface area contributed by atoms with Crippen molar-refractivity contribution in [2.45, 2.75) is 6.10 Å². The number of aliphatic hydroxyl groups excluding tert-OH is 1. The maximum Gasteiger partial charge on any atom is 0.291 e. The summed E-state index contributed by atoms with van der Waals surface area (Å²) in [4.78, 5) is 21.3. The molecule has 0 amide bonds. The molecule has 0 aromatic heterocycles. The predicted molar refractivity (Wildman–Crippen MR) is 47.3 cm³/mol. The lowest BCUT2D eigenvalue weighted by molar-refractivity contribution is -0.137. The second-order valence-electron chi connectivity index (χ2n) is 2.45. The quantitative estimate of drug-likeness (QED) is 0.584. The molecular formula is C9H7ClO3. The number of hydrogen-bond acceptors (Lipinski definition) is 3. The molecule has 0 fully saturated rings. The van der Waals surface area contributed by atoms with Gasteiger partial charge in [-0.2, -0.15) is 0 Å². The highest BCUT2D eigenvalue weighted by Crippen LogP contribution is 2.13. The summed E-state index contributed by atoms with van der Waals surface area (Å²) in [6, 6.07) is 8.14. The lowest BCUT2D eigenvalue weighted by Crippen LogP contribution is -2.17. The van der Waals surface area contributed by atoms with Gasteiger partial charge in [0, 0.05) is 0 Å². The van der Waals surface area contributed by atoms with Crippen molar-refractivity contribution in [1.29, 1.82) is 0 Å². The van der Waals surface area contributed by atoms with Gasteiger partial charge in [-0.3, -0.25) is 9.59 Å². The largest absolute Gasteiger partial charge is 0.380 e. The number of ketones is 1. The van der Waals surface area contributed by atoms with E-state index in [4.69, 9.17) is 11.6 Å². The highest BCUT2D eigenvalue weighted by Gasteiger charge is 2.22. The average Bonchev–Trinajstić information content (AvgIpc) is 2.17. The van der Waals surface area contributed by atoms with Gasteiger partial charge in [-0.1, -0.05) is 30.3 Å². The molecule has 1 N–H and O–H groups in total. The van der Waals surface area contributed by atoms with Crippen LogP contribution in [-0.4, -0.2) is 16.1 Å². The number of carbonyl (C=O) groups is 2. The second-order valence-corrected chi connectivity index (χ2v) is 2.79. The zero-order valence-electron chi connectivity index (χ0n) is 6.61. The van der Waals surface area contributed by atoms with E-state index in [-0.39, 0.29) is 0 Å². The number of hydrogen-bond donors (Lipinski definition) is 1. The van der Waals surface area contributed by atoms with E-state index in [2.05, 4.69) is 0 Å². The van der Waals surface area contributed by atoms with E-state index in [9.17, 15) is 14.7 Å². The molecule has 0 saturated carbocycles. The van der Waals surface area contributed by atoms with Gasteiger partial charge < -0.3 is 5.11 Å².